The number of ether oxygens (including phenoxy) is 1. The SMILES string of the molecule is O=C(NC(c1cccc(C(F)(F)F)c1)S(=O)(=O)c1ccccc1)OCc1ccccc1. The summed E-state index contributed by atoms with van der Waals surface area (Å²) in [6, 6.07) is 19.6. The number of hydrogen-bond acceptors (Lipinski definition) is 4. The summed E-state index contributed by atoms with van der Waals surface area (Å²) in [4.78, 5) is 12.2. The summed E-state index contributed by atoms with van der Waals surface area (Å²) in [5, 5.41) is 0.427. The minimum atomic E-state index is -4.68. The third-order valence-electron chi connectivity index (χ3n) is 4.36. The Morgan fingerprint density at radius 3 is 2.13 bits per heavy atom. The molecule has 1 unspecified atom stereocenters. The van der Waals surface area contributed by atoms with Crippen molar-refractivity contribution < 1.29 is 31.1 Å². The van der Waals surface area contributed by atoms with E-state index in [1.807, 2.05) is 0 Å². The molecule has 0 spiro atoms. The van der Waals surface area contributed by atoms with Crippen LogP contribution >= 0.6 is 0 Å². The lowest BCUT2D eigenvalue weighted by molar-refractivity contribution is -0.137. The zero-order valence-corrected chi connectivity index (χ0v) is 16.9. The van der Waals surface area contributed by atoms with Crippen LogP contribution < -0.4 is 5.32 Å². The highest BCUT2D eigenvalue weighted by molar-refractivity contribution is 7.91. The molecule has 0 aromatic heterocycles. The minimum Gasteiger partial charge on any atom is -0.445 e. The fraction of sp³-hybridized carbons (Fsp3) is 0.136. The number of alkyl halides is 3. The second-order valence-corrected chi connectivity index (χ2v) is 8.60. The second kappa shape index (κ2) is 9.22. The zero-order valence-electron chi connectivity index (χ0n) is 16.0. The Kier molecular flexibility index (Phi) is 6.65. The molecule has 3 aromatic rings. The Morgan fingerprint density at radius 2 is 1.52 bits per heavy atom. The summed E-state index contributed by atoms with van der Waals surface area (Å²) in [7, 11) is -4.27. The summed E-state index contributed by atoms with van der Waals surface area (Å²) in [6.07, 6.45) is -5.75. The van der Waals surface area contributed by atoms with Crippen LogP contribution in [0.25, 0.3) is 0 Å². The molecule has 31 heavy (non-hydrogen) atoms. The molecule has 1 atom stereocenters. The third-order valence-corrected chi connectivity index (χ3v) is 6.30. The molecule has 0 aliphatic carbocycles. The van der Waals surface area contributed by atoms with Crippen LogP contribution in [-0.4, -0.2) is 14.5 Å². The lowest BCUT2D eigenvalue weighted by Gasteiger charge is -2.21. The molecule has 0 fully saturated rings. The Labute approximate surface area is 177 Å². The van der Waals surface area contributed by atoms with Gasteiger partial charge in [0.2, 0.25) is 9.84 Å². The molecule has 0 bridgehead atoms. The molecule has 0 saturated carbocycles. The lowest BCUT2D eigenvalue weighted by atomic mass is 10.1. The Bertz CT molecular complexity index is 1130. The van der Waals surface area contributed by atoms with Crippen molar-refractivity contribution in [2.24, 2.45) is 0 Å². The quantitative estimate of drug-likeness (QED) is 0.568. The number of carbonyl (C=O) groups excluding carboxylic acids is 1. The maximum absolute atomic E-state index is 13.2. The van der Waals surface area contributed by atoms with Gasteiger partial charge in [-0.25, -0.2) is 13.2 Å². The van der Waals surface area contributed by atoms with Crippen molar-refractivity contribution in [2.45, 2.75) is 23.1 Å². The molecule has 162 valence electrons. The number of alkyl carbamates (subject to hydrolysis) is 1. The van der Waals surface area contributed by atoms with Crippen molar-refractivity contribution in [2.75, 3.05) is 0 Å². The molecule has 0 saturated heterocycles. The molecule has 3 rings (SSSR count). The van der Waals surface area contributed by atoms with E-state index in [9.17, 15) is 26.4 Å². The van der Waals surface area contributed by atoms with Gasteiger partial charge in [0.25, 0.3) is 0 Å². The fourth-order valence-corrected chi connectivity index (χ4v) is 4.40. The summed E-state index contributed by atoms with van der Waals surface area (Å²) >= 11 is 0. The maximum Gasteiger partial charge on any atom is 0.416 e. The number of hydrogen-bond donors (Lipinski definition) is 1. The van der Waals surface area contributed by atoms with Crippen molar-refractivity contribution in [1.29, 1.82) is 0 Å². The standard InChI is InChI=1S/C22H18F3NO4S/c23-22(24,25)18-11-7-10-17(14-18)20(31(28,29)19-12-5-2-6-13-19)26-21(27)30-15-16-8-3-1-4-9-16/h1-14,20H,15H2,(H,26,27). The monoisotopic (exact) mass is 449 g/mol. The van der Waals surface area contributed by atoms with Crippen LogP contribution in [0.2, 0.25) is 0 Å². The summed E-state index contributed by atoms with van der Waals surface area (Å²) in [5.74, 6) is 0. The van der Waals surface area contributed by atoms with Crippen LogP contribution in [0, 0.1) is 0 Å². The predicted octanol–water partition coefficient (Wildman–Crippen LogP) is 5.10. The highest BCUT2D eigenvalue weighted by atomic mass is 32.2. The van der Waals surface area contributed by atoms with Crippen LogP contribution in [0.4, 0.5) is 18.0 Å². The molecule has 0 aliphatic heterocycles. The van der Waals surface area contributed by atoms with E-state index in [1.165, 1.54) is 30.3 Å². The molecule has 1 amide bonds. The average molecular weight is 449 g/mol. The first kappa shape index (κ1) is 22.4. The smallest absolute Gasteiger partial charge is 0.416 e. The van der Waals surface area contributed by atoms with Crippen LogP contribution in [0.5, 0.6) is 0 Å². The van der Waals surface area contributed by atoms with Crippen molar-refractivity contribution in [3.8, 4) is 0 Å². The molecule has 0 aliphatic rings. The van der Waals surface area contributed by atoms with Gasteiger partial charge in [-0.3, -0.25) is 0 Å². The summed E-state index contributed by atoms with van der Waals surface area (Å²) < 4.78 is 70.9. The first-order valence-corrected chi connectivity index (χ1v) is 10.7. The highest BCUT2D eigenvalue weighted by Crippen LogP contribution is 2.33. The largest absolute Gasteiger partial charge is 0.445 e. The summed E-state index contributed by atoms with van der Waals surface area (Å²) in [6.45, 7) is -0.132. The summed E-state index contributed by atoms with van der Waals surface area (Å²) in [5.41, 5.74) is -0.604. The molecule has 3 aromatic carbocycles. The van der Waals surface area contributed by atoms with E-state index in [0.29, 0.717) is 11.6 Å². The van der Waals surface area contributed by atoms with E-state index < -0.39 is 33.0 Å². The van der Waals surface area contributed by atoms with E-state index in [-0.39, 0.29) is 17.1 Å². The number of benzene rings is 3. The fourth-order valence-electron chi connectivity index (χ4n) is 2.84. The van der Waals surface area contributed by atoms with Gasteiger partial charge in [-0.15, -0.1) is 0 Å². The molecule has 5 nitrogen and oxygen atoms in total. The van der Waals surface area contributed by atoms with Crippen LogP contribution in [0.15, 0.2) is 89.8 Å². The van der Waals surface area contributed by atoms with Crippen molar-refractivity contribution >= 4 is 15.9 Å². The van der Waals surface area contributed by atoms with Crippen LogP contribution in [-0.2, 0) is 27.4 Å². The topological polar surface area (TPSA) is 72.5 Å². The van der Waals surface area contributed by atoms with E-state index in [4.69, 9.17) is 4.74 Å². The molecule has 0 radical (unpaired) electrons. The van der Waals surface area contributed by atoms with Crippen LogP contribution in [0.1, 0.15) is 22.1 Å². The predicted molar refractivity (Wildman–Crippen MR) is 108 cm³/mol. The van der Waals surface area contributed by atoms with E-state index >= 15 is 0 Å². The second-order valence-electron chi connectivity index (χ2n) is 6.57. The average Bonchev–Trinajstić information content (AvgIpc) is 2.77. The minimum absolute atomic E-state index is 0.132. The van der Waals surface area contributed by atoms with Crippen molar-refractivity contribution in [3.63, 3.8) is 0 Å². The number of rotatable bonds is 6. The van der Waals surface area contributed by atoms with E-state index in [1.54, 1.807) is 36.4 Å². The first-order chi connectivity index (χ1) is 14.7. The molecular weight excluding hydrogens is 431 g/mol. The maximum atomic E-state index is 13.2. The van der Waals surface area contributed by atoms with Crippen LogP contribution in [0.3, 0.4) is 0 Å². The van der Waals surface area contributed by atoms with Crippen molar-refractivity contribution in [3.05, 3.63) is 102 Å². The third kappa shape index (κ3) is 5.64. The molecule has 9 heteroatoms. The van der Waals surface area contributed by atoms with Gasteiger partial charge >= 0.3 is 12.3 Å². The number of halogens is 3. The van der Waals surface area contributed by atoms with Gasteiger partial charge in [-0.1, -0.05) is 60.7 Å². The zero-order chi connectivity index (χ0) is 22.5. The lowest BCUT2D eigenvalue weighted by Crippen LogP contribution is -2.34. The van der Waals surface area contributed by atoms with Gasteiger partial charge in [0.15, 0.2) is 5.37 Å². The number of nitrogens with one attached hydrogen (secondary N) is 1. The van der Waals surface area contributed by atoms with Gasteiger partial charge in [0.05, 0.1) is 10.5 Å². The number of sulfone groups is 1. The number of carbonyl (C=O) groups is 1. The van der Waals surface area contributed by atoms with Gasteiger partial charge < -0.3 is 10.1 Å². The van der Waals surface area contributed by atoms with E-state index in [0.717, 1.165) is 12.1 Å². The van der Waals surface area contributed by atoms with Gasteiger partial charge in [0.1, 0.15) is 6.61 Å². The Hall–Kier alpha value is -3.33. The molecule has 1 N–H and O–H groups in total. The molecule has 0 heterocycles. The van der Waals surface area contributed by atoms with Gasteiger partial charge in [-0.05, 0) is 35.4 Å². The highest BCUT2D eigenvalue weighted by Gasteiger charge is 2.35. The Morgan fingerprint density at radius 1 is 0.903 bits per heavy atom. The first-order valence-electron chi connectivity index (χ1n) is 9.11. The van der Waals surface area contributed by atoms with Gasteiger partial charge in [0, 0.05) is 0 Å². The Balaban J connectivity index is 1.92. The van der Waals surface area contributed by atoms with Gasteiger partial charge in [-0.2, -0.15) is 13.2 Å². The molecular formula is C22H18F3NO4S. The van der Waals surface area contributed by atoms with E-state index in [2.05, 4.69) is 5.32 Å². The number of amides is 1. The normalized spacial score (nSPS) is 12.7. The van der Waals surface area contributed by atoms with Crippen molar-refractivity contribution in [1.82, 2.24) is 5.32 Å².